The largest absolute Gasteiger partial charge is 0.460 e. The van der Waals surface area contributed by atoms with Gasteiger partial charge in [0.05, 0.1) is 6.61 Å². The molecule has 0 bridgehead atoms. The maximum atomic E-state index is 12.7. The maximum Gasteiger partial charge on any atom is 0.316 e. The van der Waals surface area contributed by atoms with Crippen molar-refractivity contribution in [2.75, 3.05) is 6.61 Å². The summed E-state index contributed by atoms with van der Waals surface area (Å²) in [5, 5.41) is 3.16. The minimum Gasteiger partial charge on any atom is -0.460 e. The molecule has 0 spiro atoms. The Labute approximate surface area is 153 Å². The third kappa shape index (κ3) is 3.85. The highest BCUT2D eigenvalue weighted by Gasteiger charge is 2.30. The first kappa shape index (κ1) is 17.0. The topological polar surface area (TPSA) is 73.3 Å². The first-order chi connectivity index (χ1) is 12.8. The molecule has 1 amide bonds. The number of hydrogen-bond acceptors (Lipinski definition) is 5. The zero-order valence-electron chi connectivity index (χ0n) is 14.6. The van der Waals surface area contributed by atoms with E-state index in [0.29, 0.717) is 12.6 Å². The number of hydrogen-bond donors (Lipinski definition) is 1. The van der Waals surface area contributed by atoms with Gasteiger partial charge in [0, 0.05) is 18.4 Å². The molecule has 2 heterocycles. The predicted octanol–water partition coefficient (Wildman–Crippen LogP) is 2.60. The van der Waals surface area contributed by atoms with E-state index in [1.165, 1.54) is 5.56 Å². The van der Waals surface area contributed by atoms with Crippen LogP contribution in [0.2, 0.25) is 0 Å². The zero-order valence-corrected chi connectivity index (χ0v) is 14.6. The second kappa shape index (κ2) is 7.83. The van der Waals surface area contributed by atoms with Gasteiger partial charge in [-0.3, -0.25) is 4.79 Å². The highest BCUT2D eigenvalue weighted by atomic mass is 16.5. The van der Waals surface area contributed by atoms with E-state index < -0.39 is 6.10 Å². The number of benzene rings is 1. The standard InChI is InChI=1S/C20H23N3O3/c24-19(18-17-5-2-1-4-14(17)10-13-25-18)23-15-6-8-16(9-7-15)26-20-21-11-3-12-22-20/h1-5,11-12,15-16,18H,6-10,13H2,(H,23,24)/t15?,16?,18-/m0/s1. The number of fused-ring (bicyclic) bond motifs is 1. The Bertz CT molecular complexity index is 745. The summed E-state index contributed by atoms with van der Waals surface area (Å²) in [6.07, 6.45) is 7.37. The summed E-state index contributed by atoms with van der Waals surface area (Å²) in [5.74, 6) is -0.0343. The summed E-state index contributed by atoms with van der Waals surface area (Å²) in [4.78, 5) is 20.9. The molecular formula is C20H23N3O3. The molecule has 0 unspecified atom stereocenters. The van der Waals surface area contributed by atoms with Crippen LogP contribution in [0.15, 0.2) is 42.7 Å². The average molecular weight is 353 g/mol. The molecule has 1 N–H and O–H groups in total. The fourth-order valence-electron chi connectivity index (χ4n) is 3.71. The van der Waals surface area contributed by atoms with E-state index in [4.69, 9.17) is 9.47 Å². The lowest BCUT2D eigenvalue weighted by Gasteiger charge is -2.31. The van der Waals surface area contributed by atoms with Gasteiger partial charge in [0.15, 0.2) is 6.10 Å². The van der Waals surface area contributed by atoms with Crippen LogP contribution in [0.25, 0.3) is 0 Å². The first-order valence-corrected chi connectivity index (χ1v) is 9.23. The Kier molecular flexibility index (Phi) is 5.11. The van der Waals surface area contributed by atoms with Gasteiger partial charge in [-0.25, -0.2) is 9.97 Å². The van der Waals surface area contributed by atoms with E-state index >= 15 is 0 Å². The van der Waals surface area contributed by atoms with Gasteiger partial charge >= 0.3 is 6.01 Å². The van der Waals surface area contributed by atoms with Gasteiger partial charge in [-0.2, -0.15) is 0 Å². The van der Waals surface area contributed by atoms with Crippen molar-refractivity contribution in [1.29, 1.82) is 0 Å². The van der Waals surface area contributed by atoms with Crippen molar-refractivity contribution in [2.45, 2.75) is 50.4 Å². The summed E-state index contributed by atoms with van der Waals surface area (Å²) in [6.45, 7) is 0.590. The molecule has 1 aromatic heterocycles. The van der Waals surface area contributed by atoms with Crippen molar-refractivity contribution in [3.8, 4) is 6.01 Å². The smallest absolute Gasteiger partial charge is 0.316 e. The molecule has 1 aliphatic carbocycles. The highest BCUT2D eigenvalue weighted by molar-refractivity contribution is 5.83. The van der Waals surface area contributed by atoms with E-state index in [1.54, 1.807) is 18.5 Å². The zero-order chi connectivity index (χ0) is 17.8. The van der Waals surface area contributed by atoms with Crippen molar-refractivity contribution < 1.29 is 14.3 Å². The van der Waals surface area contributed by atoms with Crippen molar-refractivity contribution >= 4 is 5.91 Å². The number of carbonyl (C=O) groups excluding carboxylic acids is 1. The van der Waals surface area contributed by atoms with Crippen molar-refractivity contribution in [3.63, 3.8) is 0 Å². The predicted molar refractivity (Wildman–Crippen MR) is 95.7 cm³/mol. The molecule has 136 valence electrons. The lowest BCUT2D eigenvalue weighted by Crippen LogP contribution is -2.43. The summed E-state index contributed by atoms with van der Waals surface area (Å²) in [5.41, 5.74) is 2.20. The van der Waals surface area contributed by atoms with Gasteiger partial charge < -0.3 is 14.8 Å². The van der Waals surface area contributed by atoms with Gasteiger partial charge in [-0.15, -0.1) is 0 Å². The van der Waals surface area contributed by atoms with Crippen LogP contribution in [-0.4, -0.2) is 34.6 Å². The van der Waals surface area contributed by atoms with Gasteiger partial charge in [0.2, 0.25) is 0 Å². The van der Waals surface area contributed by atoms with Crippen molar-refractivity contribution in [2.24, 2.45) is 0 Å². The lowest BCUT2D eigenvalue weighted by molar-refractivity contribution is -0.135. The normalized spacial score (nSPS) is 25.2. The molecule has 1 saturated carbocycles. The third-order valence-electron chi connectivity index (χ3n) is 5.07. The average Bonchev–Trinajstić information content (AvgIpc) is 2.70. The van der Waals surface area contributed by atoms with E-state index in [0.717, 1.165) is 37.7 Å². The van der Waals surface area contributed by atoms with E-state index in [-0.39, 0.29) is 18.1 Å². The molecule has 2 aromatic rings. The Balaban J connectivity index is 1.30. The van der Waals surface area contributed by atoms with Crippen LogP contribution in [0, 0.1) is 0 Å². The lowest BCUT2D eigenvalue weighted by atomic mass is 9.92. The second-order valence-corrected chi connectivity index (χ2v) is 6.83. The Hall–Kier alpha value is -2.47. The monoisotopic (exact) mass is 353 g/mol. The fourth-order valence-corrected chi connectivity index (χ4v) is 3.71. The molecule has 4 rings (SSSR count). The van der Waals surface area contributed by atoms with Gasteiger partial charge in [-0.1, -0.05) is 24.3 Å². The summed E-state index contributed by atoms with van der Waals surface area (Å²) < 4.78 is 11.6. The van der Waals surface area contributed by atoms with Crippen LogP contribution >= 0.6 is 0 Å². The SMILES string of the molecule is O=C(NC1CCC(Oc2ncccn2)CC1)[C@H]1OCCc2ccccc21. The molecule has 0 saturated heterocycles. The second-order valence-electron chi connectivity index (χ2n) is 6.83. The van der Waals surface area contributed by atoms with Crippen molar-refractivity contribution in [1.82, 2.24) is 15.3 Å². The Morgan fingerprint density at radius 2 is 1.85 bits per heavy atom. The van der Waals surface area contributed by atoms with E-state index in [9.17, 15) is 4.79 Å². The Morgan fingerprint density at radius 3 is 2.65 bits per heavy atom. The molecule has 6 nitrogen and oxygen atoms in total. The first-order valence-electron chi connectivity index (χ1n) is 9.23. The molecule has 0 radical (unpaired) electrons. The fraction of sp³-hybridized carbons (Fsp3) is 0.450. The Morgan fingerprint density at radius 1 is 1.08 bits per heavy atom. The van der Waals surface area contributed by atoms with Crippen molar-refractivity contribution in [3.05, 3.63) is 53.9 Å². The van der Waals surface area contributed by atoms with Crippen LogP contribution in [0.5, 0.6) is 6.01 Å². The molecule has 2 aliphatic rings. The quantitative estimate of drug-likeness (QED) is 0.915. The molecule has 6 heteroatoms. The van der Waals surface area contributed by atoms with Crippen LogP contribution in [0.3, 0.4) is 0 Å². The molecule has 1 aromatic carbocycles. The van der Waals surface area contributed by atoms with Gasteiger partial charge in [0.1, 0.15) is 6.10 Å². The summed E-state index contributed by atoms with van der Waals surface area (Å²) in [6, 6.07) is 10.4. The van der Waals surface area contributed by atoms with E-state index in [2.05, 4.69) is 21.4 Å². The highest BCUT2D eigenvalue weighted by Crippen LogP contribution is 2.28. The minimum atomic E-state index is -0.494. The van der Waals surface area contributed by atoms with Crippen LogP contribution < -0.4 is 10.1 Å². The molecular weight excluding hydrogens is 330 g/mol. The number of carbonyl (C=O) groups is 1. The maximum absolute atomic E-state index is 12.7. The van der Waals surface area contributed by atoms with Crippen LogP contribution in [-0.2, 0) is 16.0 Å². The number of aromatic nitrogens is 2. The van der Waals surface area contributed by atoms with Crippen LogP contribution in [0.4, 0.5) is 0 Å². The minimum absolute atomic E-state index is 0.0343. The molecule has 1 fully saturated rings. The number of nitrogens with one attached hydrogen (secondary N) is 1. The summed E-state index contributed by atoms with van der Waals surface area (Å²) >= 11 is 0. The van der Waals surface area contributed by atoms with Gasteiger partial charge in [-0.05, 0) is 49.3 Å². The number of amides is 1. The number of rotatable bonds is 4. The van der Waals surface area contributed by atoms with Crippen LogP contribution in [0.1, 0.15) is 42.9 Å². The molecule has 1 atom stereocenters. The molecule has 26 heavy (non-hydrogen) atoms. The number of ether oxygens (including phenoxy) is 2. The van der Waals surface area contributed by atoms with E-state index in [1.807, 2.05) is 18.2 Å². The summed E-state index contributed by atoms with van der Waals surface area (Å²) in [7, 11) is 0. The third-order valence-corrected chi connectivity index (χ3v) is 5.07. The number of nitrogens with zero attached hydrogens (tertiary/aromatic N) is 2. The van der Waals surface area contributed by atoms with Gasteiger partial charge in [0.25, 0.3) is 5.91 Å². The molecule has 1 aliphatic heterocycles.